The van der Waals surface area contributed by atoms with E-state index in [4.69, 9.17) is 38.4 Å². The van der Waals surface area contributed by atoms with Gasteiger partial charge in [-0.25, -0.2) is 4.98 Å². The molecule has 8 heteroatoms. The molecule has 1 heterocycles. The third-order valence-corrected chi connectivity index (χ3v) is 4.52. The molecule has 27 heavy (non-hydrogen) atoms. The lowest BCUT2D eigenvalue weighted by Crippen LogP contribution is -2.03. The van der Waals surface area contributed by atoms with Crippen LogP contribution in [-0.2, 0) is 0 Å². The summed E-state index contributed by atoms with van der Waals surface area (Å²) in [5.41, 5.74) is 7.81. The molecule has 0 saturated heterocycles. The van der Waals surface area contributed by atoms with E-state index in [-0.39, 0.29) is 11.4 Å². The van der Waals surface area contributed by atoms with E-state index in [1.807, 2.05) is 6.92 Å². The summed E-state index contributed by atoms with van der Waals surface area (Å²) in [7, 11) is 1.51. The van der Waals surface area contributed by atoms with Crippen LogP contribution in [0.4, 0.5) is 17.2 Å². The normalized spacial score (nSPS) is 10.5. The lowest BCUT2D eigenvalue weighted by molar-refractivity contribution is 0.340. The van der Waals surface area contributed by atoms with E-state index >= 15 is 0 Å². The average Bonchev–Trinajstić information content (AvgIpc) is 2.64. The predicted molar refractivity (Wildman–Crippen MR) is 108 cm³/mol. The molecule has 0 saturated carbocycles. The van der Waals surface area contributed by atoms with Gasteiger partial charge >= 0.3 is 0 Å². The van der Waals surface area contributed by atoms with Crippen LogP contribution < -0.4 is 20.5 Å². The van der Waals surface area contributed by atoms with Crippen molar-refractivity contribution in [1.82, 2.24) is 4.98 Å². The highest BCUT2D eigenvalue weighted by atomic mass is 35.5. The minimum Gasteiger partial charge on any atom is -0.495 e. The predicted octanol–water partition coefficient (Wildman–Crippen LogP) is 5.15. The number of halogens is 2. The SMILES string of the molecule is CCOc1ccc2nc(N)c(C#N)c(Nc3cc(OC)c(Cl)cc3Cl)c2c1. The molecular formula is C19H16Cl2N4O2. The molecule has 0 spiro atoms. The van der Waals surface area contributed by atoms with Gasteiger partial charge in [-0.3, -0.25) is 0 Å². The summed E-state index contributed by atoms with van der Waals surface area (Å²) < 4.78 is 10.8. The van der Waals surface area contributed by atoms with Gasteiger partial charge in [0.05, 0.1) is 40.7 Å². The number of nitrogens with zero attached hydrogens (tertiary/aromatic N) is 2. The van der Waals surface area contributed by atoms with E-state index in [9.17, 15) is 5.26 Å². The largest absolute Gasteiger partial charge is 0.495 e. The van der Waals surface area contributed by atoms with Crippen LogP contribution in [0.5, 0.6) is 11.5 Å². The van der Waals surface area contributed by atoms with Gasteiger partial charge in [0.25, 0.3) is 0 Å². The Morgan fingerprint density at radius 3 is 2.67 bits per heavy atom. The van der Waals surface area contributed by atoms with Crippen LogP contribution in [0.25, 0.3) is 10.9 Å². The molecule has 0 bridgehead atoms. The zero-order valence-corrected chi connectivity index (χ0v) is 16.1. The van der Waals surface area contributed by atoms with Crippen molar-refractivity contribution in [2.24, 2.45) is 0 Å². The first-order valence-corrected chi connectivity index (χ1v) is 8.80. The van der Waals surface area contributed by atoms with Gasteiger partial charge in [0.1, 0.15) is 28.9 Å². The van der Waals surface area contributed by atoms with E-state index in [0.29, 0.717) is 50.4 Å². The smallest absolute Gasteiger partial charge is 0.144 e. The van der Waals surface area contributed by atoms with Crippen molar-refractivity contribution in [2.75, 3.05) is 24.8 Å². The summed E-state index contributed by atoms with van der Waals surface area (Å²) in [6.45, 7) is 2.41. The van der Waals surface area contributed by atoms with Crippen molar-refractivity contribution in [3.05, 3.63) is 45.9 Å². The number of nitrogen functional groups attached to an aromatic ring is 1. The van der Waals surface area contributed by atoms with Crippen LogP contribution in [0.2, 0.25) is 10.0 Å². The number of anilines is 3. The first-order chi connectivity index (χ1) is 13.0. The Bertz CT molecular complexity index is 1060. The Hall–Kier alpha value is -2.88. The average molecular weight is 403 g/mol. The van der Waals surface area contributed by atoms with Crippen LogP contribution in [0.1, 0.15) is 12.5 Å². The molecule has 0 fully saturated rings. The van der Waals surface area contributed by atoms with E-state index in [0.717, 1.165) is 0 Å². The Labute approximate surface area is 166 Å². The van der Waals surface area contributed by atoms with Gasteiger partial charge in [-0.15, -0.1) is 0 Å². The van der Waals surface area contributed by atoms with Crippen molar-refractivity contribution in [1.29, 1.82) is 5.26 Å². The van der Waals surface area contributed by atoms with Crippen molar-refractivity contribution in [3.8, 4) is 17.6 Å². The number of methoxy groups -OCH3 is 1. The molecule has 3 rings (SSSR count). The van der Waals surface area contributed by atoms with E-state index in [1.54, 1.807) is 30.3 Å². The molecule has 0 aliphatic rings. The number of ether oxygens (including phenoxy) is 2. The molecule has 138 valence electrons. The first kappa shape index (κ1) is 18.9. The molecule has 0 amide bonds. The third-order valence-electron chi connectivity index (χ3n) is 3.91. The number of rotatable bonds is 5. The maximum atomic E-state index is 9.60. The van der Waals surface area contributed by atoms with Crippen LogP contribution in [-0.4, -0.2) is 18.7 Å². The van der Waals surface area contributed by atoms with Crippen molar-refractivity contribution in [2.45, 2.75) is 6.92 Å². The Morgan fingerprint density at radius 2 is 2.00 bits per heavy atom. The molecular weight excluding hydrogens is 387 g/mol. The maximum absolute atomic E-state index is 9.60. The Balaban J connectivity index is 2.23. The maximum Gasteiger partial charge on any atom is 0.144 e. The van der Waals surface area contributed by atoms with E-state index < -0.39 is 0 Å². The van der Waals surface area contributed by atoms with Gasteiger partial charge in [-0.2, -0.15) is 5.26 Å². The van der Waals surface area contributed by atoms with E-state index in [2.05, 4.69) is 16.4 Å². The topological polar surface area (TPSA) is 93.2 Å². The number of hydrogen-bond donors (Lipinski definition) is 2. The Kier molecular flexibility index (Phi) is 5.45. The summed E-state index contributed by atoms with van der Waals surface area (Å²) in [5, 5.41) is 14.2. The summed E-state index contributed by atoms with van der Waals surface area (Å²) in [5.74, 6) is 1.22. The lowest BCUT2D eigenvalue weighted by atomic mass is 10.1. The highest BCUT2D eigenvalue weighted by Gasteiger charge is 2.17. The molecule has 3 N–H and O–H groups in total. The summed E-state index contributed by atoms with van der Waals surface area (Å²) in [4.78, 5) is 4.30. The minimum absolute atomic E-state index is 0.119. The van der Waals surface area contributed by atoms with Crippen molar-refractivity contribution in [3.63, 3.8) is 0 Å². The molecule has 0 unspecified atom stereocenters. The quantitative estimate of drug-likeness (QED) is 0.612. The van der Waals surface area contributed by atoms with Gasteiger partial charge in [0.2, 0.25) is 0 Å². The van der Waals surface area contributed by atoms with Crippen molar-refractivity contribution >= 4 is 51.3 Å². The van der Waals surface area contributed by atoms with E-state index in [1.165, 1.54) is 7.11 Å². The molecule has 0 aliphatic carbocycles. The molecule has 2 aromatic carbocycles. The summed E-state index contributed by atoms with van der Waals surface area (Å²) >= 11 is 12.4. The zero-order valence-electron chi connectivity index (χ0n) is 14.6. The first-order valence-electron chi connectivity index (χ1n) is 8.04. The second-order valence-electron chi connectivity index (χ2n) is 5.56. The fraction of sp³-hybridized carbons (Fsp3) is 0.158. The van der Waals surface area contributed by atoms with Gasteiger partial charge < -0.3 is 20.5 Å². The van der Waals surface area contributed by atoms with Crippen LogP contribution >= 0.6 is 23.2 Å². The molecule has 3 aromatic rings. The number of nitriles is 1. The molecule has 1 aromatic heterocycles. The summed E-state index contributed by atoms with van der Waals surface area (Å²) in [6, 6.07) is 10.7. The minimum atomic E-state index is 0.119. The highest BCUT2D eigenvalue weighted by Crippen LogP contribution is 2.39. The Morgan fingerprint density at radius 1 is 1.22 bits per heavy atom. The zero-order chi connectivity index (χ0) is 19.6. The van der Waals surface area contributed by atoms with Crippen LogP contribution in [0.15, 0.2) is 30.3 Å². The highest BCUT2D eigenvalue weighted by molar-refractivity contribution is 6.37. The molecule has 0 aliphatic heterocycles. The number of nitrogens with two attached hydrogens (primary N) is 1. The van der Waals surface area contributed by atoms with Crippen LogP contribution in [0, 0.1) is 11.3 Å². The number of fused-ring (bicyclic) bond motifs is 1. The fourth-order valence-electron chi connectivity index (χ4n) is 2.68. The molecule has 0 atom stereocenters. The number of pyridine rings is 1. The third kappa shape index (κ3) is 3.65. The van der Waals surface area contributed by atoms with Gasteiger partial charge in [0.15, 0.2) is 0 Å². The number of hydrogen-bond acceptors (Lipinski definition) is 6. The summed E-state index contributed by atoms with van der Waals surface area (Å²) in [6.07, 6.45) is 0. The number of benzene rings is 2. The second kappa shape index (κ2) is 7.78. The molecule has 6 nitrogen and oxygen atoms in total. The second-order valence-corrected chi connectivity index (χ2v) is 6.38. The van der Waals surface area contributed by atoms with Gasteiger partial charge in [-0.1, -0.05) is 23.2 Å². The van der Waals surface area contributed by atoms with Crippen molar-refractivity contribution < 1.29 is 9.47 Å². The van der Waals surface area contributed by atoms with Gasteiger partial charge in [0, 0.05) is 11.5 Å². The monoisotopic (exact) mass is 402 g/mol. The van der Waals surface area contributed by atoms with Crippen LogP contribution in [0.3, 0.4) is 0 Å². The lowest BCUT2D eigenvalue weighted by Gasteiger charge is -2.16. The fourth-order valence-corrected chi connectivity index (χ4v) is 3.18. The number of nitrogens with one attached hydrogen (secondary N) is 1. The van der Waals surface area contributed by atoms with Gasteiger partial charge in [-0.05, 0) is 31.2 Å². The molecule has 0 radical (unpaired) electrons. The standard InChI is InChI=1S/C19H16Cl2N4O2/c1-3-27-10-4-5-15-11(6-10)18(12(9-22)19(23)25-15)24-16-8-17(26-2)14(21)7-13(16)20/h4-8H,3H2,1-2H3,(H3,23,24,25). The number of aromatic nitrogens is 1.